The second-order valence-corrected chi connectivity index (χ2v) is 9.77. The Balaban J connectivity index is 2.09. The fraction of sp³-hybridized carbons (Fsp3) is 0.700. The number of hydrogen-bond donors (Lipinski definition) is 1. The lowest BCUT2D eigenvalue weighted by molar-refractivity contribution is -0.114. The molecule has 0 bridgehead atoms. The quantitative estimate of drug-likeness (QED) is 0.157. The third kappa shape index (κ3) is 12.5. The largest absolute Gasteiger partial charge is 0.311 e. The van der Waals surface area contributed by atoms with Crippen LogP contribution in [0, 0.1) is 0 Å². The van der Waals surface area contributed by atoms with Gasteiger partial charge >= 0.3 is 10.0 Å². The summed E-state index contributed by atoms with van der Waals surface area (Å²) in [4.78, 5) is 10.9. The van der Waals surface area contributed by atoms with E-state index in [0.717, 1.165) is 37.0 Å². The van der Waals surface area contributed by atoms with Gasteiger partial charge in [-0.15, -0.1) is 10.2 Å². The van der Waals surface area contributed by atoms with Crippen LogP contribution in [0.5, 0.6) is 0 Å². The van der Waals surface area contributed by atoms with Crippen molar-refractivity contribution in [3.63, 3.8) is 0 Å². The third-order valence-electron chi connectivity index (χ3n) is 4.22. The summed E-state index contributed by atoms with van der Waals surface area (Å²) in [7, 11) is -3.84. The van der Waals surface area contributed by atoms with Crippen LogP contribution in [0.4, 0.5) is 5.13 Å². The van der Waals surface area contributed by atoms with Crippen LogP contribution < -0.4 is 5.32 Å². The Morgan fingerprint density at radius 3 is 2.17 bits per heavy atom. The minimum Gasteiger partial charge on any atom is -0.301 e. The Hall–Kier alpha value is -1.61. The van der Waals surface area contributed by atoms with Crippen LogP contribution in [0.3, 0.4) is 0 Å². The molecule has 0 fully saturated rings. The topological polar surface area (TPSA) is 101 Å². The van der Waals surface area contributed by atoms with E-state index in [9.17, 15) is 13.2 Å². The number of sulfonamides is 1. The van der Waals surface area contributed by atoms with Crippen LogP contribution >= 0.6 is 11.3 Å². The summed E-state index contributed by atoms with van der Waals surface area (Å²) in [5.41, 5.74) is 0. The summed E-state index contributed by atoms with van der Waals surface area (Å²) in [6.07, 6.45) is 19.8. The SMILES string of the molecule is CCCCCC/C=C/CCCCCCCC=NS(=O)(=O)c1nnc(NC(C)=O)s1. The van der Waals surface area contributed by atoms with Gasteiger partial charge in [-0.25, -0.2) is 0 Å². The smallest absolute Gasteiger partial charge is 0.301 e. The zero-order valence-electron chi connectivity index (χ0n) is 17.6. The van der Waals surface area contributed by atoms with Crippen LogP contribution in [0.2, 0.25) is 0 Å². The van der Waals surface area contributed by atoms with Crippen LogP contribution in [-0.2, 0) is 14.8 Å². The number of amides is 1. The number of anilines is 1. The molecular weight excluding hydrogens is 408 g/mol. The van der Waals surface area contributed by atoms with Crippen LogP contribution in [0.15, 0.2) is 20.9 Å². The van der Waals surface area contributed by atoms with Gasteiger partial charge in [0.25, 0.3) is 4.34 Å². The summed E-state index contributed by atoms with van der Waals surface area (Å²) >= 11 is 0.794. The van der Waals surface area contributed by atoms with Crippen molar-refractivity contribution in [3.8, 4) is 0 Å². The lowest BCUT2D eigenvalue weighted by Gasteiger charge is -1.98. The van der Waals surface area contributed by atoms with Gasteiger partial charge in [0.05, 0.1) is 0 Å². The molecule has 7 nitrogen and oxygen atoms in total. The van der Waals surface area contributed by atoms with Gasteiger partial charge in [0.1, 0.15) is 0 Å². The first kappa shape index (κ1) is 25.4. The Kier molecular flexibility index (Phi) is 13.4. The van der Waals surface area contributed by atoms with Crippen molar-refractivity contribution in [2.45, 2.75) is 95.2 Å². The zero-order chi connectivity index (χ0) is 21.4. The first-order valence-electron chi connectivity index (χ1n) is 10.5. The van der Waals surface area contributed by atoms with E-state index in [-0.39, 0.29) is 15.4 Å². The van der Waals surface area contributed by atoms with E-state index in [0.29, 0.717) is 6.42 Å². The van der Waals surface area contributed by atoms with E-state index in [4.69, 9.17) is 0 Å². The first-order valence-corrected chi connectivity index (χ1v) is 12.8. The molecule has 1 amide bonds. The Bertz CT molecular complexity index is 743. The highest BCUT2D eigenvalue weighted by Crippen LogP contribution is 2.21. The van der Waals surface area contributed by atoms with Crippen molar-refractivity contribution < 1.29 is 13.2 Å². The van der Waals surface area contributed by atoms with Gasteiger partial charge in [0, 0.05) is 13.1 Å². The van der Waals surface area contributed by atoms with E-state index in [1.807, 2.05) is 0 Å². The average molecular weight is 443 g/mol. The van der Waals surface area contributed by atoms with Crippen molar-refractivity contribution in [2.75, 3.05) is 5.32 Å². The third-order valence-corrected chi connectivity index (χ3v) is 6.68. The molecule has 1 rings (SSSR count). The Morgan fingerprint density at radius 2 is 1.55 bits per heavy atom. The lowest BCUT2D eigenvalue weighted by Crippen LogP contribution is -2.04. The molecule has 0 aliphatic heterocycles. The standard InChI is InChI=1S/C20H34N4O3S2/c1-3-4-5-6-7-8-9-10-11-12-13-14-15-16-17-21-29(26,27)20-24-23-19(28-20)22-18(2)25/h8-9,17H,3-7,10-16H2,1-2H3,(H,22,23,25)/b9-8+,21-17?. The number of hydrogen-bond acceptors (Lipinski definition) is 6. The molecule has 29 heavy (non-hydrogen) atoms. The number of unbranched alkanes of at least 4 members (excludes halogenated alkanes) is 10. The molecule has 1 heterocycles. The predicted molar refractivity (Wildman–Crippen MR) is 120 cm³/mol. The number of carbonyl (C=O) groups is 1. The molecular formula is C20H34N4O3S2. The van der Waals surface area contributed by atoms with Crippen molar-refractivity contribution in [2.24, 2.45) is 4.40 Å². The summed E-state index contributed by atoms with van der Waals surface area (Å²) in [6.45, 7) is 3.55. The lowest BCUT2D eigenvalue weighted by atomic mass is 10.1. The average Bonchev–Trinajstić information content (AvgIpc) is 3.13. The zero-order valence-corrected chi connectivity index (χ0v) is 19.2. The van der Waals surface area contributed by atoms with Crippen LogP contribution in [0.25, 0.3) is 0 Å². The van der Waals surface area contributed by atoms with Crippen LogP contribution in [-0.4, -0.2) is 30.7 Å². The number of carbonyl (C=O) groups excluding carboxylic acids is 1. The summed E-state index contributed by atoms with van der Waals surface area (Å²) < 4.78 is 27.5. The van der Waals surface area contributed by atoms with E-state index in [1.165, 1.54) is 58.1 Å². The molecule has 9 heteroatoms. The number of nitrogens with zero attached hydrogens (tertiary/aromatic N) is 3. The molecule has 0 radical (unpaired) electrons. The van der Waals surface area contributed by atoms with Gasteiger partial charge in [-0.1, -0.05) is 68.9 Å². The summed E-state index contributed by atoms with van der Waals surface area (Å²) in [5, 5.41) is 9.75. The van der Waals surface area contributed by atoms with Gasteiger partial charge in [-0.2, -0.15) is 12.8 Å². The highest BCUT2D eigenvalue weighted by molar-refractivity contribution is 7.92. The fourth-order valence-electron chi connectivity index (χ4n) is 2.66. The highest BCUT2D eigenvalue weighted by Gasteiger charge is 2.18. The molecule has 0 unspecified atom stereocenters. The first-order chi connectivity index (χ1) is 14.0. The number of rotatable bonds is 16. The minimum atomic E-state index is -3.84. The molecule has 0 aliphatic carbocycles. The van der Waals surface area contributed by atoms with Gasteiger partial charge in [0.15, 0.2) is 0 Å². The molecule has 0 atom stereocenters. The molecule has 0 saturated carbocycles. The van der Waals surface area contributed by atoms with Gasteiger partial charge in [0.2, 0.25) is 11.0 Å². The minimum absolute atomic E-state index is 0.151. The van der Waals surface area contributed by atoms with Crippen molar-refractivity contribution in [1.82, 2.24) is 10.2 Å². The summed E-state index contributed by atoms with van der Waals surface area (Å²) in [6, 6.07) is 0. The number of allylic oxidation sites excluding steroid dienone is 2. The van der Waals surface area contributed by atoms with Crippen molar-refractivity contribution in [1.29, 1.82) is 0 Å². The van der Waals surface area contributed by atoms with E-state index >= 15 is 0 Å². The number of nitrogens with one attached hydrogen (secondary N) is 1. The van der Waals surface area contributed by atoms with Crippen LogP contribution in [0.1, 0.15) is 90.9 Å². The number of aromatic nitrogens is 2. The second-order valence-electron chi connectivity index (χ2n) is 6.98. The fourth-order valence-corrected chi connectivity index (χ4v) is 4.51. The molecule has 1 aromatic rings. The summed E-state index contributed by atoms with van der Waals surface area (Å²) in [5.74, 6) is -0.327. The predicted octanol–water partition coefficient (Wildman–Crippen LogP) is 5.51. The molecule has 1 aromatic heterocycles. The molecule has 164 valence electrons. The molecule has 1 N–H and O–H groups in total. The van der Waals surface area contributed by atoms with Gasteiger partial charge in [-0.3, -0.25) is 4.79 Å². The molecule has 0 aromatic carbocycles. The normalized spacial score (nSPS) is 12.2. The van der Waals surface area contributed by atoms with Gasteiger partial charge < -0.3 is 5.32 Å². The molecule has 0 saturated heterocycles. The van der Waals surface area contributed by atoms with Gasteiger partial charge in [-0.05, 0) is 38.5 Å². The maximum atomic E-state index is 12.1. The van der Waals surface area contributed by atoms with Crippen molar-refractivity contribution >= 4 is 38.6 Å². The Labute approximate surface area is 179 Å². The molecule has 0 aliphatic rings. The monoisotopic (exact) mass is 442 g/mol. The van der Waals surface area contributed by atoms with E-state index in [2.05, 4.69) is 39.0 Å². The Morgan fingerprint density at radius 1 is 0.966 bits per heavy atom. The second kappa shape index (κ2) is 15.3. The van der Waals surface area contributed by atoms with E-state index in [1.54, 1.807) is 0 Å². The van der Waals surface area contributed by atoms with Crippen molar-refractivity contribution in [3.05, 3.63) is 12.2 Å². The molecule has 0 spiro atoms. The highest BCUT2D eigenvalue weighted by atomic mass is 32.2. The van der Waals surface area contributed by atoms with E-state index < -0.39 is 10.0 Å². The maximum absolute atomic E-state index is 12.1. The maximum Gasteiger partial charge on any atom is 0.311 e.